The standard InChI is InChI=1S/C12H15F2N/c1-4-12(2,14)11(15-3)9-5-7-10(13)8-6-9/h4-8,11,15H,1H2,2-3H3. The molecule has 0 bridgehead atoms. The molecule has 0 aromatic heterocycles. The van der Waals surface area contributed by atoms with Gasteiger partial charge in [-0.05, 0) is 31.7 Å². The van der Waals surface area contributed by atoms with Crippen molar-refractivity contribution in [3.05, 3.63) is 48.3 Å². The Morgan fingerprint density at radius 3 is 2.33 bits per heavy atom. The van der Waals surface area contributed by atoms with Gasteiger partial charge in [0.1, 0.15) is 11.5 Å². The molecule has 1 nitrogen and oxygen atoms in total. The van der Waals surface area contributed by atoms with Crippen LogP contribution in [0.4, 0.5) is 8.78 Å². The topological polar surface area (TPSA) is 12.0 Å². The maximum atomic E-state index is 14.0. The first-order chi connectivity index (χ1) is 7.01. The molecule has 3 heteroatoms. The maximum absolute atomic E-state index is 14.0. The average molecular weight is 211 g/mol. The molecule has 0 heterocycles. The fourth-order valence-electron chi connectivity index (χ4n) is 1.55. The van der Waals surface area contributed by atoms with Crippen molar-refractivity contribution in [2.75, 3.05) is 7.05 Å². The van der Waals surface area contributed by atoms with Crippen LogP contribution in [-0.4, -0.2) is 12.7 Å². The third kappa shape index (κ3) is 2.63. The quantitative estimate of drug-likeness (QED) is 0.755. The fraction of sp³-hybridized carbons (Fsp3) is 0.333. The van der Waals surface area contributed by atoms with E-state index in [-0.39, 0.29) is 5.82 Å². The lowest BCUT2D eigenvalue weighted by molar-refractivity contribution is 0.190. The zero-order valence-electron chi connectivity index (χ0n) is 8.93. The fourth-order valence-corrected chi connectivity index (χ4v) is 1.55. The van der Waals surface area contributed by atoms with Gasteiger partial charge in [0.05, 0.1) is 6.04 Å². The first-order valence-electron chi connectivity index (χ1n) is 4.76. The molecule has 0 aliphatic rings. The largest absolute Gasteiger partial charge is 0.310 e. The summed E-state index contributed by atoms with van der Waals surface area (Å²) in [5, 5.41) is 2.86. The summed E-state index contributed by atoms with van der Waals surface area (Å²) in [4.78, 5) is 0. The molecule has 2 atom stereocenters. The summed E-state index contributed by atoms with van der Waals surface area (Å²) in [5.74, 6) is -0.326. The molecule has 15 heavy (non-hydrogen) atoms. The van der Waals surface area contributed by atoms with Gasteiger partial charge in [0.15, 0.2) is 0 Å². The van der Waals surface area contributed by atoms with Crippen LogP contribution in [0.25, 0.3) is 0 Å². The Hall–Kier alpha value is -1.22. The van der Waals surface area contributed by atoms with Crippen molar-refractivity contribution in [2.45, 2.75) is 18.6 Å². The van der Waals surface area contributed by atoms with Crippen molar-refractivity contribution in [3.63, 3.8) is 0 Å². The van der Waals surface area contributed by atoms with E-state index in [2.05, 4.69) is 11.9 Å². The highest BCUT2D eigenvalue weighted by molar-refractivity contribution is 5.24. The van der Waals surface area contributed by atoms with Gasteiger partial charge < -0.3 is 5.32 Å². The lowest BCUT2D eigenvalue weighted by atomic mass is 9.92. The van der Waals surface area contributed by atoms with Crippen LogP contribution in [-0.2, 0) is 0 Å². The Morgan fingerprint density at radius 1 is 1.40 bits per heavy atom. The zero-order chi connectivity index (χ0) is 11.5. The second kappa shape index (κ2) is 4.53. The Labute approximate surface area is 88.8 Å². The molecule has 0 aliphatic carbocycles. The van der Waals surface area contributed by atoms with Crippen molar-refractivity contribution in [3.8, 4) is 0 Å². The van der Waals surface area contributed by atoms with Crippen LogP contribution >= 0.6 is 0 Å². The third-order valence-corrected chi connectivity index (χ3v) is 2.46. The minimum atomic E-state index is -1.56. The van der Waals surface area contributed by atoms with Gasteiger partial charge in [0.25, 0.3) is 0 Å². The average Bonchev–Trinajstić information content (AvgIpc) is 2.22. The number of benzene rings is 1. The van der Waals surface area contributed by atoms with E-state index < -0.39 is 11.7 Å². The van der Waals surface area contributed by atoms with Gasteiger partial charge >= 0.3 is 0 Å². The van der Waals surface area contributed by atoms with Crippen molar-refractivity contribution in [1.29, 1.82) is 0 Å². The second-order valence-corrected chi connectivity index (χ2v) is 3.63. The summed E-state index contributed by atoms with van der Waals surface area (Å²) in [6, 6.07) is 5.25. The van der Waals surface area contributed by atoms with E-state index in [0.29, 0.717) is 5.56 Å². The predicted molar refractivity (Wildman–Crippen MR) is 57.9 cm³/mol. The van der Waals surface area contributed by atoms with Gasteiger partial charge in [-0.1, -0.05) is 24.8 Å². The van der Waals surface area contributed by atoms with E-state index >= 15 is 0 Å². The molecule has 1 rings (SSSR count). The summed E-state index contributed by atoms with van der Waals surface area (Å²) in [6.07, 6.45) is 1.25. The van der Waals surface area contributed by atoms with E-state index in [9.17, 15) is 8.78 Å². The Balaban J connectivity index is 3.02. The van der Waals surface area contributed by atoms with E-state index in [4.69, 9.17) is 0 Å². The molecular formula is C12H15F2N. The van der Waals surface area contributed by atoms with Crippen LogP contribution < -0.4 is 5.32 Å². The van der Waals surface area contributed by atoms with Gasteiger partial charge in [-0.15, -0.1) is 0 Å². The Morgan fingerprint density at radius 2 is 1.93 bits per heavy atom. The SMILES string of the molecule is C=CC(C)(F)C(NC)c1ccc(F)cc1. The Kier molecular flexibility index (Phi) is 3.58. The Bertz CT molecular complexity index is 330. The summed E-state index contributed by atoms with van der Waals surface area (Å²) in [5.41, 5.74) is -0.865. The number of alkyl halides is 1. The summed E-state index contributed by atoms with van der Waals surface area (Å²) >= 11 is 0. The van der Waals surface area contributed by atoms with E-state index in [1.165, 1.54) is 25.1 Å². The van der Waals surface area contributed by atoms with Crippen molar-refractivity contribution < 1.29 is 8.78 Å². The van der Waals surface area contributed by atoms with Crippen molar-refractivity contribution in [1.82, 2.24) is 5.32 Å². The molecule has 2 unspecified atom stereocenters. The van der Waals surface area contributed by atoms with Crippen LogP contribution in [0.2, 0.25) is 0 Å². The number of nitrogens with one attached hydrogen (secondary N) is 1. The highest BCUT2D eigenvalue weighted by Crippen LogP contribution is 2.30. The molecule has 1 aromatic carbocycles. The monoisotopic (exact) mass is 211 g/mol. The molecule has 0 saturated heterocycles. The van der Waals surface area contributed by atoms with Gasteiger partial charge in [-0.3, -0.25) is 0 Å². The summed E-state index contributed by atoms with van der Waals surface area (Å²) in [6.45, 7) is 4.89. The van der Waals surface area contributed by atoms with Gasteiger partial charge in [0, 0.05) is 0 Å². The lowest BCUT2D eigenvalue weighted by Gasteiger charge is -2.27. The first kappa shape index (κ1) is 11.9. The summed E-state index contributed by atoms with van der Waals surface area (Å²) in [7, 11) is 1.66. The van der Waals surface area contributed by atoms with Crippen LogP contribution in [0.3, 0.4) is 0 Å². The number of hydrogen-bond acceptors (Lipinski definition) is 1. The minimum absolute atomic E-state index is 0.326. The van der Waals surface area contributed by atoms with Gasteiger partial charge in [-0.25, -0.2) is 8.78 Å². The number of halogens is 2. The highest BCUT2D eigenvalue weighted by Gasteiger charge is 2.31. The molecule has 0 spiro atoms. The van der Waals surface area contributed by atoms with Crippen LogP contribution in [0, 0.1) is 5.82 Å². The van der Waals surface area contributed by atoms with E-state index in [0.717, 1.165) is 0 Å². The zero-order valence-corrected chi connectivity index (χ0v) is 8.93. The molecule has 1 aromatic rings. The third-order valence-electron chi connectivity index (χ3n) is 2.46. The van der Waals surface area contributed by atoms with Gasteiger partial charge in [0.2, 0.25) is 0 Å². The lowest BCUT2D eigenvalue weighted by Crippen LogP contribution is -2.34. The first-order valence-corrected chi connectivity index (χ1v) is 4.76. The number of hydrogen-bond donors (Lipinski definition) is 1. The molecule has 0 amide bonds. The highest BCUT2D eigenvalue weighted by atomic mass is 19.1. The van der Waals surface area contributed by atoms with Crippen LogP contribution in [0.5, 0.6) is 0 Å². The molecule has 0 radical (unpaired) electrons. The van der Waals surface area contributed by atoms with Crippen LogP contribution in [0.15, 0.2) is 36.9 Å². The van der Waals surface area contributed by atoms with E-state index in [1.807, 2.05) is 0 Å². The smallest absolute Gasteiger partial charge is 0.145 e. The van der Waals surface area contributed by atoms with Crippen molar-refractivity contribution in [2.24, 2.45) is 0 Å². The van der Waals surface area contributed by atoms with Crippen LogP contribution in [0.1, 0.15) is 18.5 Å². The molecule has 0 aliphatic heterocycles. The van der Waals surface area contributed by atoms with Gasteiger partial charge in [-0.2, -0.15) is 0 Å². The minimum Gasteiger partial charge on any atom is -0.310 e. The van der Waals surface area contributed by atoms with E-state index in [1.54, 1.807) is 19.2 Å². The predicted octanol–water partition coefficient (Wildman–Crippen LogP) is 3.00. The molecule has 0 fully saturated rings. The maximum Gasteiger partial charge on any atom is 0.145 e. The normalized spacial score (nSPS) is 16.8. The van der Waals surface area contributed by atoms with Crippen molar-refractivity contribution >= 4 is 0 Å². The molecule has 0 saturated carbocycles. The molecule has 1 N–H and O–H groups in total. The molecular weight excluding hydrogens is 196 g/mol. The number of rotatable bonds is 4. The second-order valence-electron chi connectivity index (χ2n) is 3.63. The molecule has 82 valence electrons. The summed E-state index contributed by atoms with van der Waals surface area (Å²) < 4.78 is 26.7.